The number of hydrogen-bond donors (Lipinski definition) is 2. The molecule has 0 bridgehead atoms. The van der Waals surface area contributed by atoms with Crippen LogP contribution < -0.4 is 10.6 Å². The molecule has 2 N–H and O–H groups in total. The van der Waals surface area contributed by atoms with Gasteiger partial charge in [-0.25, -0.2) is 0 Å². The number of nitrogens with one attached hydrogen (secondary N) is 2. The Kier molecular flexibility index (Phi) is 7.83. The van der Waals surface area contributed by atoms with E-state index in [1.165, 1.54) is 25.7 Å². The highest BCUT2D eigenvalue weighted by atomic mass is 16.5. The number of nitrogens with zero attached hydrogens (tertiary/aromatic N) is 2. The summed E-state index contributed by atoms with van der Waals surface area (Å²) in [6.45, 7) is 8.84. The van der Waals surface area contributed by atoms with Gasteiger partial charge in [0.1, 0.15) is 0 Å². The number of carbonyl (C=O) groups is 1. The summed E-state index contributed by atoms with van der Waals surface area (Å²) in [5.41, 5.74) is 0.304. The van der Waals surface area contributed by atoms with Gasteiger partial charge in [-0.05, 0) is 51.9 Å². The van der Waals surface area contributed by atoms with Crippen molar-refractivity contribution in [3.05, 3.63) is 0 Å². The first kappa shape index (κ1) is 22.4. The first-order valence-electron chi connectivity index (χ1n) is 12.0. The van der Waals surface area contributed by atoms with Crippen LogP contribution in [-0.4, -0.2) is 61.7 Å². The Labute approximate surface area is 177 Å². The normalized spacial score (nSPS) is 27.3. The fourth-order valence-electron chi connectivity index (χ4n) is 5.76. The largest absolute Gasteiger partial charge is 0.378 e. The van der Waals surface area contributed by atoms with E-state index < -0.39 is 0 Å². The van der Waals surface area contributed by atoms with Crippen LogP contribution in [0.5, 0.6) is 0 Å². The van der Waals surface area contributed by atoms with E-state index >= 15 is 0 Å². The van der Waals surface area contributed by atoms with Crippen LogP contribution in [0.2, 0.25) is 0 Å². The second kappa shape index (κ2) is 10.1. The van der Waals surface area contributed by atoms with Gasteiger partial charge in [0.25, 0.3) is 0 Å². The van der Waals surface area contributed by atoms with E-state index in [4.69, 9.17) is 4.74 Å². The van der Waals surface area contributed by atoms with Crippen LogP contribution in [0.15, 0.2) is 4.99 Å². The molecule has 0 radical (unpaired) electrons. The monoisotopic (exact) mass is 406 g/mol. The lowest BCUT2D eigenvalue weighted by atomic mass is 9.60. The van der Waals surface area contributed by atoms with E-state index in [1.807, 2.05) is 7.05 Å². The van der Waals surface area contributed by atoms with E-state index in [0.29, 0.717) is 29.5 Å². The van der Waals surface area contributed by atoms with Gasteiger partial charge in [0.15, 0.2) is 5.96 Å². The molecule has 6 heteroatoms. The predicted octanol–water partition coefficient (Wildman–Crippen LogP) is 3.32. The third-order valence-corrected chi connectivity index (χ3v) is 7.70. The van der Waals surface area contributed by atoms with Crippen molar-refractivity contribution >= 4 is 11.9 Å². The minimum Gasteiger partial charge on any atom is -0.378 e. The van der Waals surface area contributed by atoms with E-state index in [0.717, 1.165) is 57.8 Å². The Balaban J connectivity index is 1.49. The van der Waals surface area contributed by atoms with Crippen molar-refractivity contribution in [3.8, 4) is 0 Å². The zero-order chi connectivity index (χ0) is 20.9. The number of likely N-dealkylation sites (tertiary alicyclic amines) is 1. The molecule has 3 rings (SSSR count). The fraction of sp³-hybridized carbons (Fsp3) is 0.913. The van der Waals surface area contributed by atoms with Crippen LogP contribution in [0.4, 0.5) is 0 Å². The third kappa shape index (κ3) is 4.73. The average Bonchev–Trinajstić information content (AvgIpc) is 3.26. The van der Waals surface area contributed by atoms with Gasteiger partial charge in [0.05, 0.1) is 6.10 Å². The summed E-state index contributed by atoms with van der Waals surface area (Å²) in [4.78, 5) is 19.2. The molecule has 3 fully saturated rings. The van der Waals surface area contributed by atoms with Crippen LogP contribution in [-0.2, 0) is 9.53 Å². The molecule has 1 spiro atoms. The summed E-state index contributed by atoms with van der Waals surface area (Å²) in [5.74, 6) is 1.45. The molecule has 0 aromatic rings. The van der Waals surface area contributed by atoms with Gasteiger partial charge in [-0.2, -0.15) is 0 Å². The second-order valence-electron chi connectivity index (χ2n) is 9.15. The standard InChI is InChI=1S/C23H42N4O2/c1-5-17(6-2)21(28)27-14-10-18(11-15-27)25-22(24-4)26-19-16-20(29-7-3)23(19)12-8-9-13-23/h17-20H,5-16H2,1-4H3,(H2,24,25,26). The molecule has 0 aromatic heterocycles. The van der Waals surface area contributed by atoms with Crippen molar-refractivity contribution in [3.63, 3.8) is 0 Å². The molecule has 1 aliphatic heterocycles. The zero-order valence-corrected chi connectivity index (χ0v) is 19.0. The van der Waals surface area contributed by atoms with Crippen molar-refractivity contribution in [2.24, 2.45) is 16.3 Å². The van der Waals surface area contributed by atoms with Crippen molar-refractivity contribution in [1.82, 2.24) is 15.5 Å². The number of hydrogen-bond acceptors (Lipinski definition) is 3. The molecule has 1 heterocycles. The maximum Gasteiger partial charge on any atom is 0.225 e. The molecule has 1 amide bonds. The third-order valence-electron chi connectivity index (χ3n) is 7.70. The van der Waals surface area contributed by atoms with Gasteiger partial charge in [0, 0.05) is 50.2 Å². The van der Waals surface area contributed by atoms with Gasteiger partial charge >= 0.3 is 0 Å². The molecule has 2 saturated carbocycles. The Morgan fingerprint density at radius 2 is 1.79 bits per heavy atom. The van der Waals surface area contributed by atoms with Crippen molar-refractivity contribution < 1.29 is 9.53 Å². The predicted molar refractivity (Wildman–Crippen MR) is 118 cm³/mol. The van der Waals surface area contributed by atoms with Crippen molar-refractivity contribution in [2.75, 3.05) is 26.7 Å². The lowest BCUT2D eigenvalue weighted by Crippen LogP contribution is -2.65. The molecular formula is C23H42N4O2. The van der Waals surface area contributed by atoms with Gasteiger partial charge in [0.2, 0.25) is 5.91 Å². The van der Waals surface area contributed by atoms with Gasteiger partial charge in [-0.3, -0.25) is 9.79 Å². The maximum absolute atomic E-state index is 12.6. The molecule has 6 nitrogen and oxygen atoms in total. The number of carbonyl (C=O) groups excluding carboxylic acids is 1. The molecule has 0 aromatic carbocycles. The highest BCUT2D eigenvalue weighted by molar-refractivity contribution is 5.81. The van der Waals surface area contributed by atoms with Crippen molar-refractivity contribution in [1.29, 1.82) is 0 Å². The summed E-state index contributed by atoms with van der Waals surface area (Å²) >= 11 is 0. The highest BCUT2D eigenvalue weighted by Gasteiger charge is 2.57. The lowest BCUT2D eigenvalue weighted by molar-refractivity contribution is -0.136. The minimum absolute atomic E-state index is 0.188. The fourth-order valence-corrected chi connectivity index (χ4v) is 5.76. The quantitative estimate of drug-likeness (QED) is 0.503. The van der Waals surface area contributed by atoms with E-state index in [2.05, 4.69) is 41.3 Å². The lowest BCUT2D eigenvalue weighted by Gasteiger charge is -2.54. The Morgan fingerprint density at radius 1 is 1.14 bits per heavy atom. The number of amides is 1. The topological polar surface area (TPSA) is 66.0 Å². The Hall–Kier alpha value is -1.30. The van der Waals surface area contributed by atoms with Crippen LogP contribution in [0, 0.1) is 11.3 Å². The molecule has 2 atom stereocenters. The second-order valence-corrected chi connectivity index (χ2v) is 9.15. The smallest absolute Gasteiger partial charge is 0.225 e. The number of ether oxygens (including phenoxy) is 1. The van der Waals surface area contributed by atoms with Crippen LogP contribution in [0.3, 0.4) is 0 Å². The van der Waals surface area contributed by atoms with Crippen molar-refractivity contribution in [2.45, 2.75) is 96.7 Å². The number of rotatable bonds is 7. The molecule has 2 unspecified atom stereocenters. The average molecular weight is 407 g/mol. The summed E-state index contributed by atoms with van der Waals surface area (Å²) in [7, 11) is 1.86. The van der Waals surface area contributed by atoms with E-state index in [9.17, 15) is 4.79 Å². The number of guanidine groups is 1. The summed E-state index contributed by atoms with van der Waals surface area (Å²) in [6, 6.07) is 0.846. The summed E-state index contributed by atoms with van der Waals surface area (Å²) in [6.07, 6.45) is 10.5. The maximum atomic E-state index is 12.6. The first-order chi connectivity index (χ1) is 14.1. The molecule has 29 heavy (non-hydrogen) atoms. The Bertz CT molecular complexity index is 561. The summed E-state index contributed by atoms with van der Waals surface area (Å²) < 4.78 is 6.05. The van der Waals surface area contributed by atoms with Crippen LogP contribution in [0.1, 0.15) is 78.6 Å². The SMILES string of the molecule is CCOC1CC(NC(=NC)NC2CCN(C(=O)C(CC)CC)CC2)C12CCCC2. The molecule has 3 aliphatic rings. The van der Waals surface area contributed by atoms with Crippen LogP contribution in [0.25, 0.3) is 0 Å². The first-order valence-corrected chi connectivity index (χ1v) is 12.0. The van der Waals surface area contributed by atoms with Gasteiger partial charge in [-0.15, -0.1) is 0 Å². The zero-order valence-electron chi connectivity index (χ0n) is 19.0. The molecule has 2 aliphatic carbocycles. The van der Waals surface area contributed by atoms with Crippen LogP contribution >= 0.6 is 0 Å². The van der Waals surface area contributed by atoms with E-state index in [-0.39, 0.29) is 5.92 Å². The Morgan fingerprint density at radius 3 is 2.34 bits per heavy atom. The minimum atomic E-state index is 0.188. The highest BCUT2D eigenvalue weighted by Crippen LogP contribution is 2.54. The number of piperidine rings is 1. The molecular weight excluding hydrogens is 364 g/mol. The number of aliphatic imine (C=N–C) groups is 1. The molecule has 1 saturated heterocycles. The molecule has 166 valence electrons. The van der Waals surface area contributed by atoms with E-state index in [1.54, 1.807) is 0 Å². The van der Waals surface area contributed by atoms with Gasteiger partial charge in [-0.1, -0.05) is 26.7 Å². The summed E-state index contributed by atoms with van der Waals surface area (Å²) in [5, 5.41) is 7.36. The van der Waals surface area contributed by atoms with Gasteiger partial charge < -0.3 is 20.3 Å².